The minimum atomic E-state index is 0.251. The summed E-state index contributed by atoms with van der Waals surface area (Å²) in [6.07, 6.45) is 2.09. The summed E-state index contributed by atoms with van der Waals surface area (Å²) in [5, 5.41) is 14.3. The molecule has 4 nitrogen and oxygen atoms in total. The first kappa shape index (κ1) is 14.5. The minimum absolute atomic E-state index is 0.251. The van der Waals surface area contributed by atoms with Crippen LogP contribution in [0.25, 0.3) is 0 Å². The summed E-state index contributed by atoms with van der Waals surface area (Å²) < 4.78 is 5.73. The lowest BCUT2D eigenvalue weighted by atomic mass is 10.0. The topological polar surface area (TPSA) is 47.0 Å². The summed E-state index contributed by atoms with van der Waals surface area (Å²) in [4.78, 5) is 0. The molecule has 5 heteroatoms. The molecule has 0 bridgehead atoms. The van der Waals surface area contributed by atoms with Crippen molar-refractivity contribution in [3.8, 4) is 5.75 Å². The zero-order valence-electron chi connectivity index (χ0n) is 12.5. The maximum Gasteiger partial charge on any atom is 0.128 e. The molecule has 1 aliphatic rings. The molecular weight excluding hydrogens is 282 g/mol. The summed E-state index contributed by atoms with van der Waals surface area (Å²) >= 11 is 1.72. The summed E-state index contributed by atoms with van der Waals surface area (Å²) in [7, 11) is 0. The maximum absolute atomic E-state index is 5.73. The number of aryl methyl sites for hydroxylation is 1. The minimum Gasteiger partial charge on any atom is -0.492 e. The van der Waals surface area contributed by atoms with Gasteiger partial charge in [0.1, 0.15) is 22.4 Å². The number of rotatable bonds is 6. The fourth-order valence-corrected chi connectivity index (χ4v) is 3.49. The van der Waals surface area contributed by atoms with Crippen molar-refractivity contribution < 1.29 is 4.74 Å². The molecule has 21 heavy (non-hydrogen) atoms. The number of para-hydroxylation sites is 1. The molecule has 2 heterocycles. The average Bonchev–Trinajstić information content (AvgIpc) is 3.09. The second-order valence-electron chi connectivity index (χ2n) is 5.65. The summed E-state index contributed by atoms with van der Waals surface area (Å²) in [6, 6.07) is 8.76. The van der Waals surface area contributed by atoms with Crippen LogP contribution >= 0.6 is 11.3 Å². The summed E-state index contributed by atoms with van der Waals surface area (Å²) in [5.74, 6) is 1.24. The van der Waals surface area contributed by atoms with Crippen LogP contribution in [-0.4, -0.2) is 29.4 Å². The Bertz CT molecular complexity index is 597. The van der Waals surface area contributed by atoms with Gasteiger partial charge in [-0.25, -0.2) is 0 Å². The quantitative estimate of drug-likeness (QED) is 0.833. The van der Waals surface area contributed by atoms with Gasteiger partial charge in [-0.2, -0.15) is 0 Å². The maximum atomic E-state index is 5.73. The van der Waals surface area contributed by atoms with Crippen molar-refractivity contribution in [3.05, 3.63) is 39.8 Å². The number of fused-ring (bicyclic) bond motifs is 1. The van der Waals surface area contributed by atoms with Crippen LogP contribution in [0.1, 0.15) is 41.8 Å². The number of ether oxygens (including phenoxy) is 1. The Morgan fingerprint density at radius 3 is 3.05 bits per heavy atom. The van der Waals surface area contributed by atoms with Gasteiger partial charge in [0.05, 0.1) is 5.92 Å². The number of nitrogens with zero attached hydrogens (tertiary/aromatic N) is 2. The zero-order valence-corrected chi connectivity index (χ0v) is 13.3. The predicted molar refractivity (Wildman–Crippen MR) is 85.1 cm³/mol. The van der Waals surface area contributed by atoms with Crippen molar-refractivity contribution in [2.45, 2.75) is 38.6 Å². The molecule has 0 radical (unpaired) electrons. The van der Waals surface area contributed by atoms with Gasteiger partial charge in [-0.1, -0.05) is 32.0 Å². The van der Waals surface area contributed by atoms with Crippen LogP contribution in [0, 0.1) is 0 Å². The lowest BCUT2D eigenvalue weighted by Crippen LogP contribution is -2.23. The Morgan fingerprint density at radius 1 is 1.33 bits per heavy atom. The average molecular weight is 303 g/mol. The van der Waals surface area contributed by atoms with E-state index in [1.807, 2.05) is 12.1 Å². The molecule has 1 atom stereocenters. The molecule has 1 aromatic heterocycles. The van der Waals surface area contributed by atoms with E-state index in [0.29, 0.717) is 12.6 Å². The first-order valence-corrected chi connectivity index (χ1v) is 8.33. The molecular formula is C16H21N3OS. The van der Waals surface area contributed by atoms with Crippen molar-refractivity contribution in [2.24, 2.45) is 0 Å². The van der Waals surface area contributed by atoms with Crippen molar-refractivity contribution in [3.63, 3.8) is 0 Å². The number of benzene rings is 1. The van der Waals surface area contributed by atoms with Crippen LogP contribution < -0.4 is 10.1 Å². The fraction of sp³-hybridized carbons (Fsp3) is 0.500. The fourth-order valence-electron chi connectivity index (χ4n) is 2.51. The highest BCUT2D eigenvalue weighted by molar-refractivity contribution is 7.11. The van der Waals surface area contributed by atoms with Crippen molar-refractivity contribution in [1.29, 1.82) is 0 Å². The summed E-state index contributed by atoms with van der Waals surface area (Å²) in [6.45, 7) is 6.05. The van der Waals surface area contributed by atoms with E-state index in [0.717, 1.165) is 35.2 Å². The van der Waals surface area contributed by atoms with Crippen LogP contribution in [-0.2, 0) is 6.42 Å². The molecule has 0 saturated carbocycles. The monoisotopic (exact) mass is 303 g/mol. The Balaban J connectivity index is 1.61. The lowest BCUT2D eigenvalue weighted by Gasteiger charge is -2.06. The standard InChI is InChI=1S/C16H21N3OS/c1-11(2)17-9-5-8-15-18-19-16(21-15)13-10-20-14-7-4-3-6-12(13)14/h3-4,6-7,11,13,17H,5,8-10H2,1-2H3. The Hall–Kier alpha value is -1.46. The molecule has 1 N–H and O–H groups in total. The smallest absolute Gasteiger partial charge is 0.128 e. The largest absolute Gasteiger partial charge is 0.492 e. The first-order chi connectivity index (χ1) is 10.2. The number of aromatic nitrogens is 2. The molecule has 0 aliphatic carbocycles. The van der Waals surface area contributed by atoms with Gasteiger partial charge in [-0.3, -0.25) is 0 Å². The zero-order chi connectivity index (χ0) is 14.7. The predicted octanol–water partition coefficient (Wildman–Crippen LogP) is 2.99. The molecule has 2 aromatic rings. The number of nitrogens with one attached hydrogen (secondary N) is 1. The van der Waals surface area contributed by atoms with Crippen LogP contribution in [0.15, 0.2) is 24.3 Å². The van der Waals surface area contributed by atoms with E-state index in [1.165, 1.54) is 5.56 Å². The molecule has 0 saturated heterocycles. The molecule has 3 rings (SSSR count). The van der Waals surface area contributed by atoms with E-state index in [-0.39, 0.29) is 5.92 Å². The van der Waals surface area contributed by atoms with Crippen LogP contribution in [0.5, 0.6) is 5.75 Å². The van der Waals surface area contributed by atoms with Gasteiger partial charge in [0.15, 0.2) is 0 Å². The van der Waals surface area contributed by atoms with Gasteiger partial charge in [0, 0.05) is 18.0 Å². The van der Waals surface area contributed by atoms with E-state index in [1.54, 1.807) is 11.3 Å². The van der Waals surface area contributed by atoms with E-state index in [9.17, 15) is 0 Å². The van der Waals surface area contributed by atoms with Crippen LogP contribution in [0.3, 0.4) is 0 Å². The van der Waals surface area contributed by atoms with Gasteiger partial charge < -0.3 is 10.1 Å². The van der Waals surface area contributed by atoms with Crippen molar-refractivity contribution in [1.82, 2.24) is 15.5 Å². The first-order valence-electron chi connectivity index (χ1n) is 7.51. The third kappa shape index (κ3) is 3.41. The Morgan fingerprint density at radius 2 is 2.19 bits per heavy atom. The molecule has 112 valence electrons. The number of hydrogen-bond donors (Lipinski definition) is 1. The SMILES string of the molecule is CC(C)NCCCc1nnc(C2COc3ccccc32)s1. The van der Waals surface area contributed by atoms with E-state index < -0.39 is 0 Å². The molecule has 0 spiro atoms. The van der Waals surface area contributed by atoms with Gasteiger partial charge in [-0.05, 0) is 19.0 Å². The molecule has 1 aromatic carbocycles. The van der Waals surface area contributed by atoms with Gasteiger partial charge in [0.25, 0.3) is 0 Å². The second kappa shape index (κ2) is 6.54. The van der Waals surface area contributed by atoms with Crippen LogP contribution in [0.4, 0.5) is 0 Å². The highest BCUT2D eigenvalue weighted by Crippen LogP contribution is 2.38. The van der Waals surface area contributed by atoms with E-state index in [4.69, 9.17) is 4.74 Å². The third-order valence-electron chi connectivity index (χ3n) is 3.60. The van der Waals surface area contributed by atoms with E-state index in [2.05, 4.69) is 41.5 Å². The van der Waals surface area contributed by atoms with Crippen molar-refractivity contribution in [2.75, 3.05) is 13.2 Å². The third-order valence-corrected chi connectivity index (χ3v) is 4.70. The number of hydrogen-bond acceptors (Lipinski definition) is 5. The van der Waals surface area contributed by atoms with Gasteiger partial charge in [-0.15, -0.1) is 21.5 Å². The highest BCUT2D eigenvalue weighted by atomic mass is 32.1. The lowest BCUT2D eigenvalue weighted by molar-refractivity contribution is 0.342. The van der Waals surface area contributed by atoms with Crippen LogP contribution in [0.2, 0.25) is 0 Å². The van der Waals surface area contributed by atoms with Crippen molar-refractivity contribution >= 4 is 11.3 Å². The highest BCUT2D eigenvalue weighted by Gasteiger charge is 2.28. The summed E-state index contributed by atoms with van der Waals surface area (Å²) in [5.41, 5.74) is 1.24. The Labute approximate surface area is 129 Å². The molecule has 1 unspecified atom stereocenters. The molecule has 1 aliphatic heterocycles. The molecule has 0 amide bonds. The van der Waals surface area contributed by atoms with Gasteiger partial charge in [0.2, 0.25) is 0 Å². The van der Waals surface area contributed by atoms with E-state index >= 15 is 0 Å². The Kier molecular flexibility index (Phi) is 4.51. The van der Waals surface area contributed by atoms with Gasteiger partial charge >= 0.3 is 0 Å². The normalized spacial score (nSPS) is 17.0. The molecule has 0 fully saturated rings. The second-order valence-corrected chi connectivity index (χ2v) is 6.74.